The van der Waals surface area contributed by atoms with Crippen molar-refractivity contribution in [3.8, 4) is 5.75 Å². The monoisotopic (exact) mass is 395 g/mol. The van der Waals surface area contributed by atoms with E-state index in [2.05, 4.69) is 5.32 Å². The molecule has 0 bridgehead atoms. The molecule has 0 spiro atoms. The van der Waals surface area contributed by atoms with Crippen LogP contribution in [0.15, 0.2) is 69.9 Å². The first-order valence-corrected chi connectivity index (χ1v) is 9.28. The molecule has 0 unspecified atom stereocenters. The molecule has 1 heterocycles. The Morgan fingerprint density at radius 3 is 2.59 bits per heavy atom. The third-order valence-electron chi connectivity index (χ3n) is 4.18. The van der Waals surface area contributed by atoms with Gasteiger partial charge in [0.2, 0.25) is 0 Å². The lowest BCUT2D eigenvalue weighted by atomic mass is 10.1. The van der Waals surface area contributed by atoms with Crippen molar-refractivity contribution in [2.45, 2.75) is 32.4 Å². The first-order valence-electron chi connectivity index (χ1n) is 9.28. The van der Waals surface area contributed by atoms with Crippen LogP contribution in [0.1, 0.15) is 25.3 Å². The van der Waals surface area contributed by atoms with Crippen LogP contribution in [0.5, 0.6) is 5.75 Å². The summed E-state index contributed by atoms with van der Waals surface area (Å²) in [4.78, 5) is 36.0. The molecule has 7 heteroatoms. The summed E-state index contributed by atoms with van der Waals surface area (Å²) in [6.45, 7) is 1.99. The summed E-state index contributed by atoms with van der Waals surface area (Å²) in [5, 5.41) is 3.25. The van der Waals surface area contributed by atoms with E-state index in [1.807, 2.05) is 37.3 Å². The van der Waals surface area contributed by atoms with Crippen molar-refractivity contribution < 1.29 is 23.5 Å². The number of nitrogens with one attached hydrogen (secondary N) is 1. The highest BCUT2D eigenvalue weighted by Crippen LogP contribution is 2.20. The van der Waals surface area contributed by atoms with Gasteiger partial charge in [-0.2, -0.15) is 0 Å². The van der Waals surface area contributed by atoms with E-state index in [9.17, 15) is 14.4 Å². The van der Waals surface area contributed by atoms with Crippen LogP contribution in [0.2, 0.25) is 0 Å². The molecule has 0 saturated carbocycles. The zero-order valence-electron chi connectivity index (χ0n) is 15.9. The molecule has 0 fully saturated rings. The number of esters is 1. The van der Waals surface area contributed by atoms with Gasteiger partial charge in [-0.05, 0) is 30.2 Å². The Kier molecular flexibility index (Phi) is 6.63. The van der Waals surface area contributed by atoms with Gasteiger partial charge in [-0.3, -0.25) is 0 Å². The van der Waals surface area contributed by atoms with Crippen molar-refractivity contribution in [3.05, 3.63) is 76.6 Å². The van der Waals surface area contributed by atoms with Gasteiger partial charge in [-0.25, -0.2) is 14.4 Å². The average Bonchev–Trinajstić information content (AvgIpc) is 2.72. The Labute approximate surface area is 167 Å². The van der Waals surface area contributed by atoms with Crippen LogP contribution in [-0.4, -0.2) is 18.1 Å². The maximum absolute atomic E-state index is 12.5. The Hall–Kier alpha value is -3.61. The first-order chi connectivity index (χ1) is 14.0. The van der Waals surface area contributed by atoms with Gasteiger partial charge in [0.25, 0.3) is 0 Å². The van der Waals surface area contributed by atoms with Crippen molar-refractivity contribution in [1.29, 1.82) is 0 Å². The summed E-state index contributed by atoms with van der Waals surface area (Å²) in [5.74, 6) is -0.404. The topological polar surface area (TPSA) is 94.8 Å². The third kappa shape index (κ3) is 5.68. The second-order valence-corrected chi connectivity index (χ2v) is 6.42. The first kappa shape index (κ1) is 20.1. The Bertz CT molecular complexity index is 1040. The zero-order chi connectivity index (χ0) is 20.6. The van der Waals surface area contributed by atoms with Crippen LogP contribution in [-0.2, 0) is 16.1 Å². The number of hydrogen-bond donors (Lipinski definition) is 1. The van der Waals surface area contributed by atoms with Gasteiger partial charge in [-0.1, -0.05) is 43.7 Å². The zero-order valence-corrected chi connectivity index (χ0v) is 15.9. The molecule has 3 aromatic rings. The van der Waals surface area contributed by atoms with Crippen LogP contribution in [0.3, 0.4) is 0 Å². The summed E-state index contributed by atoms with van der Waals surface area (Å²) >= 11 is 0. The molecule has 1 N–H and O–H groups in total. The lowest BCUT2D eigenvalue weighted by Gasteiger charge is -2.17. The maximum Gasteiger partial charge on any atom is 0.408 e. The standard InChI is InChI=1S/C22H21NO6/c1-2-6-18(23-22(26)27-14-15-7-4-3-5-8-15)21(25)28-17-11-9-16-10-12-20(24)29-19(16)13-17/h3-5,7-13,18H,2,6,14H2,1H3,(H,23,26)/t18-/m0/s1. The largest absolute Gasteiger partial charge is 0.445 e. The maximum atomic E-state index is 12.5. The minimum absolute atomic E-state index is 0.101. The van der Waals surface area contributed by atoms with Crippen molar-refractivity contribution in [3.63, 3.8) is 0 Å². The third-order valence-corrected chi connectivity index (χ3v) is 4.18. The molecular weight excluding hydrogens is 374 g/mol. The molecule has 3 rings (SSSR count). The number of benzene rings is 2. The molecule has 7 nitrogen and oxygen atoms in total. The average molecular weight is 395 g/mol. The minimum Gasteiger partial charge on any atom is -0.445 e. The molecule has 0 aliphatic rings. The van der Waals surface area contributed by atoms with Crippen molar-refractivity contribution in [2.24, 2.45) is 0 Å². The Balaban J connectivity index is 1.62. The smallest absolute Gasteiger partial charge is 0.408 e. The highest BCUT2D eigenvalue weighted by molar-refractivity contribution is 5.84. The molecule has 150 valence electrons. The van der Waals surface area contributed by atoms with E-state index in [4.69, 9.17) is 13.9 Å². The summed E-state index contributed by atoms with van der Waals surface area (Å²) in [5.41, 5.74) is 0.660. The van der Waals surface area contributed by atoms with Gasteiger partial charge in [0.1, 0.15) is 24.0 Å². The number of hydrogen-bond acceptors (Lipinski definition) is 6. The highest BCUT2D eigenvalue weighted by atomic mass is 16.6. The second kappa shape index (κ2) is 9.54. The SMILES string of the molecule is CCC[C@H](NC(=O)OCc1ccccc1)C(=O)Oc1ccc2ccc(=O)oc2c1. The predicted molar refractivity (Wildman–Crippen MR) is 107 cm³/mol. The van der Waals surface area contributed by atoms with E-state index < -0.39 is 23.7 Å². The number of carbonyl (C=O) groups excluding carboxylic acids is 2. The van der Waals surface area contributed by atoms with Crippen molar-refractivity contribution in [1.82, 2.24) is 5.32 Å². The van der Waals surface area contributed by atoms with Gasteiger partial charge in [0, 0.05) is 17.5 Å². The fraction of sp³-hybridized carbons (Fsp3) is 0.227. The number of rotatable bonds is 7. The van der Waals surface area contributed by atoms with E-state index in [1.165, 1.54) is 12.1 Å². The minimum atomic E-state index is -0.859. The van der Waals surface area contributed by atoms with E-state index in [-0.39, 0.29) is 12.4 Å². The van der Waals surface area contributed by atoms with Gasteiger partial charge < -0.3 is 19.2 Å². The molecular formula is C22H21NO6. The molecule has 0 aliphatic heterocycles. The van der Waals surface area contributed by atoms with E-state index in [0.29, 0.717) is 23.8 Å². The molecule has 0 aliphatic carbocycles. The van der Waals surface area contributed by atoms with Gasteiger partial charge in [0.15, 0.2) is 0 Å². The molecule has 1 amide bonds. The van der Waals surface area contributed by atoms with Crippen LogP contribution in [0.25, 0.3) is 11.0 Å². The number of carbonyl (C=O) groups is 2. The molecule has 0 radical (unpaired) electrons. The quantitative estimate of drug-likeness (QED) is 0.372. The van der Waals surface area contributed by atoms with Gasteiger partial charge >= 0.3 is 17.7 Å². The van der Waals surface area contributed by atoms with E-state index in [1.54, 1.807) is 18.2 Å². The second-order valence-electron chi connectivity index (χ2n) is 6.42. The Morgan fingerprint density at radius 1 is 1.07 bits per heavy atom. The number of ether oxygens (including phenoxy) is 2. The fourth-order valence-electron chi connectivity index (χ4n) is 2.74. The molecule has 1 atom stereocenters. The molecule has 29 heavy (non-hydrogen) atoms. The summed E-state index contributed by atoms with van der Waals surface area (Å²) < 4.78 is 15.6. The normalized spacial score (nSPS) is 11.6. The van der Waals surface area contributed by atoms with E-state index in [0.717, 1.165) is 5.56 Å². The van der Waals surface area contributed by atoms with Crippen LogP contribution < -0.4 is 15.7 Å². The number of fused-ring (bicyclic) bond motifs is 1. The van der Waals surface area contributed by atoms with Crippen LogP contribution in [0.4, 0.5) is 4.79 Å². The molecule has 0 saturated heterocycles. The fourth-order valence-corrected chi connectivity index (χ4v) is 2.74. The van der Waals surface area contributed by atoms with Crippen LogP contribution >= 0.6 is 0 Å². The summed E-state index contributed by atoms with van der Waals surface area (Å²) in [7, 11) is 0. The summed E-state index contributed by atoms with van der Waals surface area (Å²) in [6.07, 6.45) is 0.349. The van der Waals surface area contributed by atoms with Crippen molar-refractivity contribution >= 4 is 23.0 Å². The molecule has 1 aromatic heterocycles. The van der Waals surface area contributed by atoms with Crippen LogP contribution in [0, 0.1) is 0 Å². The molecule has 2 aromatic carbocycles. The lowest BCUT2D eigenvalue weighted by Crippen LogP contribution is -2.43. The van der Waals surface area contributed by atoms with E-state index >= 15 is 0 Å². The summed E-state index contributed by atoms with van der Waals surface area (Å²) in [6, 6.07) is 16.1. The number of amides is 1. The van der Waals surface area contributed by atoms with Gasteiger partial charge in [-0.15, -0.1) is 0 Å². The Morgan fingerprint density at radius 2 is 1.83 bits per heavy atom. The van der Waals surface area contributed by atoms with Gasteiger partial charge in [0.05, 0.1) is 0 Å². The predicted octanol–water partition coefficient (Wildman–Crippen LogP) is 3.79. The highest BCUT2D eigenvalue weighted by Gasteiger charge is 2.23. The van der Waals surface area contributed by atoms with Crippen molar-refractivity contribution in [2.75, 3.05) is 0 Å². The lowest BCUT2D eigenvalue weighted by molar-refractivity contribution is -0.136. The number of alkyl carbamates (subject to hydrolysis) is 1.